The third-order valence-electron chi connectivity index (χ3n) is 3.87. The van der Waals surface area contributed by atoms with Crippen LogP contribution in [0.3, 0.4) is 0 Å². The van der Waals surface area contributed by atoms with E-state index in [1.165, 1.54) is 16.8 Å². The van der Waals surface area contributed by atoms with Crippen LogP contribution in [0, 0.1) is 6.92 Å². The first kappa shape index (κ1) is 21.3. The van der Waals surface area contributed by atoms with Crippen molar-refractivity contribution in [3.63, 3.8) is 0 Å². The number of rotatable bonds is 5. The maximum atomic E-state index is 13.1. The number of carbonyl (C=O) groups excluding carboxylic acids is 2. The van der Waals surface area contributed by atoms with Gasteiger partial charge in [-0.25, -0.2) is 15.1 Å². The van der Waals surface area contributed by atoms with Gasteiger partial charge in [-0.2, -0.15) is 5.10 Å². The lowest BCUT2D eigenvalue weighted by molar-refractivity contribution is 0.0939. The Labute approximate surface area is 184 Å². The molecular formula is C18H15BrCl2N6O2. The number of carbonyl (C=O) groups is 2. The lowest BCUT2D eigenvalue weighted by atomic mass is 10.1. The highest BCUT2D eigenvalue weighted by Gasteiger charge is 2.22. The van der Waals surface area contributed by atoms with Gasteiger partial charge in [-0.05, 0) is 52.7 Å². The van der Waals surface area contributed by atoms with E-state index in [0.29, 0.717) is 31.7 Å². The molecular weight excluding hydrogens is 483 g/mol. The van der Waals surface area contributed by atoms with E-state index < -0.39 is 11.8 Å². The summed E-state index contributed by atoms with van der Waals surface area (Å²) in [4.78, 5) is 29.6. The Balaban J connectivity index is 2.03. The third kappa shape index (κ3) is 4.59. The summed E-state index contributed by atoms with van der Waals surface area (Å²) in [5.41, 5.74) is 6.35. The fourth-order valence-electron chi connectivity index (χ4n) is 2.66. The Morgan fingerprint density at radius 3 is 2.62 bits per heavy atom. The molecule has 0 atom stereocenters. The Kier molecular flexibility index (Phi) is 6.53. The number of amides is 2. The number of benzene rings is 1. The number of hydrogen-bond acceptors (Lipinski definition) is 5. The molecule has 2 aromatic heterocycles. The van der Waals surface area contributed by atoms with Crippen molar-refractivity contribution in [1.82, 2.24) is 25.6 Å². The minimum absolute atomic E-state index is 0.173. The average molecular weight is 498 g/mol. The number of nitrogens with one attached hydrogen (secondary N) is 3. The highest BCUT2D eigenvalue weighted by atomic mass is 79.9. The molecule has 0 aliphatic heterocycles. The molecule has 0 aliphatic carbocycles. The molecule has 3 rings (SSSR count). The second-order valence-electron chi connectivity index (χ2n) is 5.88. The van der Waals surface area contributed by atoms with Crippen molar-refractivity contribution in [3.05, 3.63) is 68.0 Å². The summed E-state index contributed by atoms with van der Waals surface area (Å²) >= 11 is 15.6. The third-order valence-corrected chi connectivity index (χ3v) is 4.77. The zero-order chi connectivity index (χ0) is 21.1. The van der Waals surface area contributed by atoms with Crippen LogP contribution in [0.25, 0.3) is 5.82 Å². The second-order valence-corrected chi connectivity index (χ2v) is 7.53. The van der Waals surface area contributed by atoms with Crippen LogP contribution in [0.1, 0.15) is 26.4 Å². The smallest absolute Gasteiger partial charge is 0.274 e. The molecule has 0 saturated carbocycles. The van der Waals surface area contributed by atoms with E-state index in [-0.39, 0.29) is 11.3 Å². The first-order valence-corrected chi connectivity index (χ1v) is 9.81. The molecule has 29 heavy (non-hydrogen) atoms. The number of hydrazine groups is 1. The van der Waals surface area contributed by atoms with Crippen molar-refractivity contribution in [2.24, 2.45) is 0 Å². The number of aromatic nitrogens is 3. The maximum absolute atomic E-state index is 13.1. The summed E-state index contributed by atoms with van der Waals surface area (Å²) in [5, 5.41) is 7.71. The fraction of sp³-hybridized carbons (Fsp3) is 0.111. The van der Waals surface area contributed by atoms with E-state index in [9.17, 15) is 9.59 Å². The summed E-state index contributed by atoms with van der Waals surface area (Å²) in [7, 11) is 1.56. The highest BCUT2D eigenvalue weighted by molar-refractivity contribution is 9.10. The molecule has 150 valence electrons. The van der Waals surface area contributed by atoms with Crippen LogP contribution in [-0.2, 0) is 0 Å². The molecule has 2 heterocycles. The van der Waals surface area contributed by atoms with Gasteiger partial charge < -0.3 is 5.32 Å². The van der Waals surface area contributed by atoms with Gasteiger partial charge in [-0.3, -0.25) is 15.0 Å². The normalized spacial score (nSPS) is 10.7. The summed E-state index contributed by atoms with van der Waals surface area (Å²) in [6.45, 7) is 1.74. The quantitative estimate of drug-likeness (QED) is 0.466. The summed E-state index contributed by atoms with van der Waals surface area (Å²) in [6.07, 6.45) is 1.54. The van der Waals surface area contributed by atoms with Crippen LogP contribution in [0.2, 0.25) is 10.0 Å². The molecule has 3 aromatic rings. The molecule has 11 heteroatoms. The molecule has 0 unspecified atom stereocenters. The molecule has 1 aromatic carbocycles. The molecule has 8 nitrogen and oxygen atoms in total. The van der Waals surface area contributed by atoms with E-state index in [2.05, 4.69) is 42.2 Å². The van der Waals surface area contributed by atoms with Crippen molar-refractivity contribution in [2.75, 3.05) is 12.4 Å². The number of pyridine rings is 1. The van der Waals surface area contributed by atoms with E-state index in [4.69, 9.17) is 23.2 Å². The zero-order valence-electron chi connectivity index (χ0n) is 15.3. The van der Waals surface area contributed by atoms with Crippen LogP contribution in [0.15, 0.2) is 41.1 Å². The predicted octanol–water partition coefficient (Wildman–Crippen LogP) is 3.76. The summed E-state index contributed by atoms with van der Waals surface area (Å²) in [5.74, 6) is -0.657. The van der Waals surface area contributed by atoms with Gasteiger partial charge in [0.05, 0.1) is 16.3 Å². The van der Waals surface area contributed by atoms with Crippen molar-refractivity contribution in [1.29, 1.82) is 0 Å². The van der Waals surface area contributed by atoms with E-state index in [0.717, 1.165) is 0 Å². The Morgan fingerprint density at radius 1 is 1.17 bits per heavy atom. The summed E-state index contributed by atoms with van der Waals surface area (Å²) in [6, 6.07) is 7.97. The molecule has 0 fully saturated rings. The minimum Gasteiger partial charge on any atom is -0.320 e. The molecule has 0 bridgehead atoms. The Morgan fingerprint density at radius 2 is 1.93 bits per heavy atom. The van der Waals surface area contributed by atoms with Crippen LogP contribution in [0.5, 0.6) is 0 Å². The van der Waals surface area contributed by atoms with E-state index in [1.807, 2.05) is 0 Å². The van der Waals surface area contributed by atoms with Gasteiger partial charge in [-0.15, -0.1) is 0 Å². The van der Waals surface area contributed by atoms with Gasteiger partial charge in [0.25, 0.3) is 11.8 Å². The van der Waals surface area contributed by atoms with Gasteiger partial charge in [0.15, 0.2) is 5.82 Å². The van der Waals surface area contributed by atoms with Gasteiger partial charge in [0.2, 0.25) is 0 Å². The Hall–Kier alpha value is -2.46. The standard InChI is InChI=1S/C18H15BrCl2N6O2/c1-9-6-10(20)7-11(17(28)25-22-2)15(9)24-18(29)13-8-14(19)26-27(13)16-12(21)4-3-5-23-16/h3-8,22H,1-2H3,(H,24,29)(H,25,28). The number of aryl methyl sites for hydroxylation is 1. The number of anilines is 1. The van der Waals surface area contributed by atoms with Gasteiger partial charge >= 0.3 is 0 Å². The van der Waals surface area contributed by atoms with Crippen LogP contribution < -0.4 is 16.2 Å². The van der Waals surface area contributed by atoms with E-state index in [1.54, 1.807) is 38.4 Å². The molecule has 0 spiro atoms. The van der Waals surface area contributed by atoms with Crippen molar-refractivity contribution >= 4 is 56.6 Å². The number of halogens is 3. The van der Waals surface area contributed by atoms with Gasteiger partial charge in [0, 0.05) is 24.3 Å². The zero-order valence-corrected chi connectivity index (χ0v) is 18.4. The fourth-order valence-corrected chi connectivity index (χ4v) is 3.50. The van der Waals surface area contributed by atoms with Crippen LogP contribution >= 0.6 is 39.1 Å². The van der Waals surface area contributed by atoms with E-state index >= 15 is 0 Å². The van der Waals surface area contributed by atoms with Crippen LogP contribution in [-0.4, -0.2) is 33.6 Å². The molecule has 0 aliphatic rings. The lowest BCUT2D eigenvalue weighted by Gasteiger charge is -2.15. The molecule has 0 saturated heterocycles. The first-order chi connectivity index (χ1) is 13.8. The largest absolute Gasteiger partial charge is 0.320 e. The lowest BCUT2D eigenvalue weighted by Crippen LogP contribution is -2.35. The molecule has 2 amide bonds. The SMILES string of the molecule is CNNC(=O)c1cc(Cl)cc(C)c1NC(=O)c1cc(Br)nn1-c1ncccc1Cl. The predicted molar refractivity (Wildman–Crippen MR) is 115 cm³/mol. The van der Waals surface area contributed by atoms with Gasteiger partial charge in [-0.1, -0.05) is 23.2 Å². The highest BCUT2D eigenvalue weighted by Crippen LogP contribution is 2.27. The topological polar surface area (TPSA) is 101 Å². The maximum Gasteiger partial charge on any atom is 0.274 e. The minimum atomic E-state index is -0.506. The Bertz CT molecular complexity index is 1100. The molecule has 3 N–H and O–H groups in total. The second kappa shape index (κ2) is 8.91. The first-order valence-electron chi connectivity index (χ1n) is 8.27. The summed E-state index contributed by atoms with van der Waals surface area (Å²) < 4.78 is 1.74. The molecule has 0 radical (unpaired) electrons. The van der Waals surface area contributed by atoms with Gasteiger partial charge in [0.1, 0.15) is 10.3 Å². The monoisotopic (exact) mass is 496 g/mol. The van der Waals surface area contributed by atoms with Crippen molar-refractivity contribution in [3.8, 4) is 5.82 Å². The number of nitrogens with zero attached hydrogens (tertiary/aromatic N) is 3. The number of hydrogen-bond donors (Lipinski definition) is 3. The van der Waals surface area contributed by atoms with Crippen LogP contribution in [0.4, 0.5) is 5.69 Å². The van der Waals surface area contributed by atoms with Crippen molar-refractivity contribution in [2.45, 2.75) is 6.92 Å². The average Bonchev–Trinajstić information content (AvgIpc) is 3.05. The van der Waals surface area contributed by atoms with Crippen molar-refractivity contribution < 1.29 is 9.59 Å².